The summed E-state index contributed by atoms with van der Waals surface area (Å²) in [4.78, 5) is 11.7. The molecule has 1 amide bonds. The summed E-state index contributed by atoms with van der Waals surface area (Å²) in [5.74, 6) is 0.0819. The van der Waals surface area contributed by atoms with Gasteiger partial charge in [0.15, 0.2) is 0 Å². The fourth-order valence-electron chi connectivity index (χ4n) is 1.83. The van der Waals surface area contributed by atoms with E-state index in [0.29, 0.717) is 12.5 Å². The summed E-state index contributed by atoms with van der Waals surface area (Å²) >= 11 is 0. The highest BCUT2D eigenvalue weighted by Gasteiger charge is 2.13. The van der Waals surface area contributed by atoms with Gasteiger partial charge in [-0.1, -0.05) is 24.3 Å². The zero-order chi connectivity index (χ0) is 11.4. The molecule has 3 nitrogen and oxygen atoms in total. The molecule has 2 rings (SSSR count). The predicted molar refractivity (Wildman–Crippen MR) is 64.9 cm³/mol. The molecule has 0 aromatic heterocycles. The molecule has 0 aliphatic heterocycles. The largest absolute Gasteiger partial charge is 0.399 e. The van der Waals surface area contributed by atoms with E-state index in [1.807, 2.05) is 24.3 Å². The molecule has 0 bridgehead atoms. The van der Waals surface area contributed by atoms with Crippen molar-refractivity contribution >= 4 is 11.6 Å². The lowest BCUT2D eigenvalue weighted by Crippen LogP contribution is -2.33. The Morgan fingerprint density at radius 3 is 2.50 bits per heavy atom. The topological polar surface area (TPSA) is 55.1 Å². The molecule has 0 saturated heterocycles. The summed E-state index contributed by atoms with van der Waals surface area (Å²) < 4.78 is 0. The van der Waals surface area contributed by atoms with Crippen LogP contribution in [0.1, 0.15) is 18.4 Å². The van der Waals surface area contributed by atoms with E-state index in [-0.39, 0.29) is 5.91 Å². The molecule has 0 unspecified atom stereocenters. The van der Waals surface area contributed by atoms with Crippen LogP contribution in [0.2, 0.25) is 0 Å². The summed E-state index contributed by atoms with van der Waals surface area (Å²) in [5, 5.41) is 3.01. The maximum absolute atomic E-state index is 11.7. The van der Waals surface area contributed by atoms with E-state index in [9.17, 15) is 4.79 Å². The molecule has 0 fully saturated rings. The van der Waals surface area contributed by atoms with Gasteiger partial charge in [-0.3, -0.25) is 4.79 Å². The second-order valence-electron chi connectivity index (χ2n) is 4.13. The molecular formula is C13H16N2O. The third-order valence-electron chi connectivity index (χ3n) is 2.72. The zero-order valence-corrected chi connectivity index (χ0v) is 9.15. The lowest BCUT2D eigenvalue weighted by Gasteiger charge is -2.11. The van der Waals surface area contributed by atoms with Crippen LogP contribution in [0.15, 0.2) is 36.4 Å². The minimum absolute atomic E-state index is 0.0819. The Kier molecular flexibility index (Phi) is 3.25. The molecule has 0 spiro atoms. The van der Waals surface area contributed by atoms with Gasteiger partial charge in [0.05, 0.1) is 6.42 Å². The minimum atomic E-state index is 0.0819. The van der Waals surface area contributed by atoms with Crippen molar-refractivity contribution in [2.75, 3.05) is 5.73 Å². The van der Waals surface area contributed by atoms with Crippen molar-refractivity contribution in [2.45, 2.75) is 25.3 Å². The Morgan fingerprint density at radius 2 is 1.88 bits per heavy atom. The average Bonchev–Trinajstić information content (AvgIpc) is 2.74. The molecule has 0 radical (unpaired) electrons. The molecule has 1 aromatic carbocycles. The number of anilines is 1. The van der Waals surface area contributed by atoms with Crippen LogP contribution in [0.4, 0.5) is 5.69 Å². The number of benzene rings is 1. The molecule has 0 atom stereocenters. The molecule has 1 aromatic rings. The highest BCUT2D eigenvalue weighted by Crippen LogP contribution is 2.10. The van der Waals surface area contributed by atoms with Gasteiger partial charge in [0, 0.05) is 11.7 Å². The van der Waals surface area contributed by atoms with Gasteiger partial charge in [-0.15, -0.1) is 0 Å². The number of hydrogen-bond acceptors (Lipinski definition) is 2. The Labute approximate surface area is 95.3 Å². The summed E-state index contributed by atoms with van der Waals surface area (Å²) in [6.07, 6.45) is 6.54. The second kappa shape index (κ2) is 4.84. The highest BCUT2D eigenvalue weighted by molar-refractivity contribution is 5.79. The summed E-state index contributed by atoms with van der Waals surface area (Å²) in [6.45, 7) is 0. The normalized spacial score (nSPS) is 15.2. The number of rotatable bonds is 3. The number of nitrogen functional groups attached to an aromatic ring is 1. The van der Waals surface area contributed by atoms with Crippen molar-refractivity contribution in [1.29, 1.82) is 0 Å². The van der Waals surface area contributed by atoms with Crippen LogP contribution in [0.3, 0.4) is 0 Å². The van der Waals surface area contributed by atoms with Gasteiger partial charge in [0.25, 0.3) is 0 Å². The Bertz CT molecular complexity index is 387. The van der Waals surface area contributed by atoms with Gasteiger partial charge in [-0.2, -0.15) is 0 Å². The van der Waals surface area contributed by atoms with Crippen LogP contribution in [0, 0.1) is 0 Å². The first-order valence-corrected chi connectivity index (χ1v) is 5.53. The van der Waals surface area contributed by atoms with Gasteiger partial charge in [0.2, 0.25) is 5.91 Å². The van der Waals surface area contributed by atoms with Crippen molar-refractivity contribution in [3.63, 3.8) is 0 Å². The Morgan fingerprint density at radius 1 is 1.25 bits per heavy atom. The van der Waals surface area contributed by atoms with Gasteiger partial charge in [-0.05, 0) is 30.5 Å². The van der Waals surface area contributed by atoms with Crippen molar-refractivity contribution in [3.05, 3.63) is 42.0 Å². The van der Waals surface area contributed by atoms with Crippen LogP contribution in [0.25, 0.3) is 0 Å². The van der Waals surface area contributed by atoms with E-state index < -0.39 is 0 Å². The third-order valence-corrected chi connectivity index (χ3v) is 2.72. The number of carbonyl (C=O) groups excluding carboxylic acids is 1. The molecule has 0 heterocycles. The standard InChI is InChI=1S/C13H16N2O/c14-11-7-5-10(6-8-11)9-13(16)15-12-3-1-2-4-12/h1-2,5-8,12H,3-4,9,14H2,(H,15,16). The number of carbonyl (C=O) groups is 1. The molecule has 84 valence electrons. The minimum Gasteiger partial charge on any atom is -0.399 e. The molecule has 1 aliphatic carbocycles. The van der Waals surface area contributed by atoms with Crippen LogP contribution in [0.5, 0.6) is 0 Å². The van der Waals surface area contributed by atoms with Crippen molar-refractivity contribution in [1.82, 2.24) is 5.32 Å². The Balaban J connectivity index is 1.84. The summed E-state index contributed by atoms with van der Waals surface area (Å²) in [6, 6.07) is 7.71. The van der Waals surface area contributed by atoms with Gasteiger partial charge in [0.1, 0.15) is 0 Å². The molecular weight excluding hydrogens is 200 g/mol. The second-order valence-corrected chi connectivity index (χ2v) is 4.13. The lowest BCUT2D eigenvalue weighted by molar-refractivity contribution is -0.121. The SMILES string of the molecule is Nc1ccc(CC(=O)NC2CC=CC2)cc1. The van der Waals surface area contributed by atoms with Crippen molar-refractivity contribution in [2.24, 2.45) is 0 Å². The first-order chi connectivity index (χ1) is 7.74. The van der Waals surface area contributed by atoms with E-state index in [0.717, 1.165) is 24.1 Å². The monoisotopic (exact) mass is 216 g/mol. The summed E-state index contributed by atoms with van der Waals surface area (Å²) in [5.41, 5.74) is 7.30. The maximum Gasteiger partial charge on any atom is 0.224 e. The number of amides is 1. The van der Waals surface area contributed by atoms with E-state index in [2.05, 4.69) is 17.5 Å². The van der Waals surface area contributed by atoms with Crippen LogP contribution < -0.4 is 11.1 Å². The van der Waals surface area contributed by atoms with E-state index in [4.69, 9.17) is 5.73 Å². The average molecular weight is 216 g/mol. The highest BCUT2D eigenvalue weighted by atomic mass is 16.1. The van der Waals surface area contributed by atoms with E-state index in [1.165, 1.54) is 0 Å². The Hall–Kier alpha value is -1.77. The van der Waals surface area contributed by atoms with Crippen molar-refractivity contribution < 1.29 is 4.79 Å². The van der Waals surface area contributed by atoms with Crippen LogP contribution in [-0.2, 0) is 11.2 Å². The first-order valence-electron chi connectivity index (χ1n) is 5.53. The zero-order valence-electron chi connectivity index (χ0n) is 9.15. The van der Waals surface area contributed by atoms with Crippen LogP contribution >= 0.6 is 0 Å². The molecule has 1 aliphatic rings. The number of nitrogens with one attached hydrogen (secondary N) is 1. The molecule has 16 heavy (non-hydrogen) atoms. The van der Waals surface area contributed by atoms with Gasteiger partial charge in [-0.25, -0.2) is 0 Å². The fraction of sp³-hybridized carbons (Fsp3) is 0.308. The fourth-order valence-corrected chi connectivity index (χ4v) is 1.83. The van der Waals surface area contributed by atoms with Crippen LogP contribution in [-0.4, -0.2) is 11.9 Å². The lowest BCUT2D eigenvalue weighted by atomic mass is 10.1. The smallest absolute Gasteiger partial charge is 0.224 e. The quantitative estimate of drug-likeness (QED) is 0.596. The van der Waals surface area contributed by atoms with Gasteiger partial charge >= 0.3 is 0 Å². The maximum atomic E-state index is 11.7. The van der Waals surface area contributed by atoms with E-state index >= 15 is 0 Å². The third kappa shape index (κ3) is 2.86. The molecule has 0 saturated carbocycles. The number of hydrogen-bond donors (Lipinski definition) is 2. The molecule has 3 N–H and O–H groups in total. The summed E-state index contributed by atoms with van der Waals surface area (Å²) in [7, 11) is 0. The van der Waals surface area contributed by atoms with E-state index in [1.54, 1.807) is 0 Å². The molecule has 3 heteroatoms. The predicted octanol–water partition coefficient (Wildman–Crippen LogP) is 1.65. The van der Waals surface area contributed by atoms with Crippen molar-refractivity contribution in [3.8, 4) is 0 Å². The first kappa shape index (κ1) is 10.7. The van der Waals surface area contributed by atoms with Gasteiger partial charge < -0.3 is 11.1 Å². The number of nitrogens with two attached hydrogens (primary N) is 1.